The number of para-hydroxylation sites is 1. The van der Waals surface area contributed by atoms with Gasteiger partial charge in [0.25, 0.3) is 0 Å². The molecular formula is C14H16N2O3. The molecule has 1 aromatic heterocycles. The molecule has 1 N–H and O–H groups in total. The van der Waals surface area contributed by atoms with E-state index in [4.69, 9.17) is 13.9 Å². The summed E-state index contributed by atoms with van der Waals surface area (Å²) in [5.74, 6) is 2.84. The van der Waals surface area contributed by atoms with E-state index in [2.05, 4.69) is 10.3 Å². The van der Waals surface area contributed by atoms with Crippen LogP contribution in [0.25, 0.3) is 11.3 Å². The molecule has 1 unspecified atom stereocenters. The Labute approximate surface area is 111 Å². The first-order chi connectivity index (χ1) is 9.29. The Bertz CT molecular complexity index is 580. The van der Waals surface area contributed by atoms with Crippen LogP contribution in [0.5, 0.6) is 11.5 Å². The Morgan fingerprint density at radius 1 is 1.26 bits per heavy atom. The Balaban J connectivity index is 2.00. The normalized spacial score (nSPS) is 15.3. The first-order valence-electron chi connectivity index (χ1n) is 6.31. The van der Waals surface area contributed by atoms with Gasteiger partial charge in [0, 0.05) is 0 Å². The van der Waals surface area contributed by atoms with Crippen LogP contribution in [0.15, 0.2) is 28.8 Å². The number of aromatic nitrogens is 1. The molecule has 0 aliphatic carbocycles. The van der Waals surface area contributed by atoms with E-state index in [-0.39, 0.29) is 6.04 Å². The predicted octanol–water partition coefficient (Wildman–Crippen LogP) is 2.39. The Hall–Kier alpha value is -2.01. The first-order valence-corrected chi connectivity index (χ1v) is 6.31. The Kier molecular flexibility index (Phi) is 3.13. The molecule has 1 aliphatic rings. The summed E-state index contributed by atoms with van der Waals surface area (Å²) in [4.78, 5) is 4.29. The molecule has 1 aliphatic heterocycles. The monoisotopic (exact) mass is 260 g/mol. The second kappa shape index (κ2) is 4.93. The van der Waals surface area contributed by atoms with Gasteiger partial charge in [0.15, 0.2) is 17.3 Å². The minimum atomic E-state index is 0.0745. The summed E-state index contributed by atoms with van der Waals surface area (Å²) in [5.41, 5.74) is 0.874. The van der Waals surface area contributed by atoms with Gasteiger partial charge >= 0.3 is 0 Å². The number of benzene rings is 1. The highest BCUT2D eigenvalue weighted by Crippen LogP contribution is 2.40. The number of rotatable bonds is 3. The molecule has 2 heterocycles. The number of nitrogens with zero attached hydrogens (tertiary/aromatic N) is 1. The van der Waals surface area contributed by atoms with Crippen LogP contribution < -0.4 is 14.8 Å². The van der Waals surface area contributed by atoms with Crippen molar-refractivity contribution < 1.29 is 13.9 Å². The highest BCUT2D eigenvalue weighted by Gasteiger charge is 2.20. The number of hydrogen-bond donors (Lipinski definition) is 1. The van der Waals surface area contributed by atoms with Crippen LogP contribution in [0.4, 0.5) is 0 Å². The van der Waals surface area contributed by atoms with E-state index >= 15 is 0 Å². The first kappa shape index (κ1) is 12.0. The standard InChI is InChI=1S/C14H16N2O3/c1-9(15-2)14-16-8-12(19-14)10-4-3-5-11-13(10)18-7-6-17-11/h3-5,8-9,15H,6-7H2,1-2H3. The van der Waals surface area contributed by atoms with Crippen molar-refractivity contribution in [2.24, 2.45) is 0 Å². The average molecular weight is 260 g/mol. The zero-order valence-corrected chi connectivity index (χ0v) is 11.0. The molecule has 2 aromatic rings. The molecule has 0 radical (unpaired) electrons. The zero-order chi connectivity index (χ0) is 13.2. The zero-order valence-electron chi connectivity index (χ0n) is 11.0. The topological polar surface area (TPSA) is 56.5 Å². The predicted molar refractivity (Wildman–Crippen MR) is 70.4 cm³/mol. The van der Waals surface area contributed by atoms with Gasteiger partial charge in [0.2, 0.25) is 5.89 Å². The van der Waals surface area contributed by atoms with Gasteiger partial charge in [-0.3, -0.25) is 0 Å². The minimum absolute atomic E-state index is 0.0745. The third kappa shape index (κ3) is 2.17. The Morgan fingerprint density at radius 3 is 2.95 bits per heavy atom. The van der Waals surface area contributed by atoms with Crippen molar-refractivity contribution in [2.45, 2.75) is 13.0 Å². The molecule has 1 atom stereocenters. The van der Waals surface area contributed by atoms with Gasteiger partial charge in [-0.2, -0.15) is 0 Å². The third-order valence-corrected chi connectivity index (χ3v) is 3.16. The maximum Gasteiger partial charge on any atom is 0.211 e. The fraction of sp³-hybridized carbons (Fsp3) is 0.357. The summed E-state index contributed by atoms with van der Waals surface area (Å²) in [7, 11) is 1.87. The van der Waals surface area contributed by atoms with Crippen LogP contribution >= 0.6 is 0 Å². The quantitative estimate of drug-likeness (QED) is 0.918. The summed E-state index contributed by atoms with van der Waals surface area (Å²) < 4.78 is 17.0. The van der Waals surface area contributed by atoms with Crippen molar-refractivity contribution >= 4 is 0 Å². The van der Waals surface area contributed by atoms with E-state index in [0.29, 0.717) is 24.9 Å². The van der Waals surface area contributed by atoms with Gasteiger partial charge in [-0.1, -0.05) is 6.07 Å². The molecular weight excluding hydrogens is 244 g/mol. The van der Waals surface area contributed by atoms with E-state index in [0.717, 1.165) is 17.1 Å². The molecule has 0 saturated heterocycles. The third-order valence-electron chi connectivity index (χ3n) is 3.16. The fourth-order valence-electron chi connectivity index (χ4n) is 2.00. The number of ether oxygens (including phenoxy) is 2. The van der Waals surface area contributed by atoms with Gasteiger partial charge in [-0.05, 0) is 26.1 Å². The lowest BCUT2D eigenvalue weighted by Gasteiger charge is -2.20. The lowest BCUT2D eigenvalue weighted by Crippen LogP contribution is -2.15. The van der Waals surface area contributed by atoms with Crippen molar-refractivity contribution in [3.63, 3.8) is 0 Å². The van der Waals surface area contributed by atoms with E-state index in [1.165, 1.54) is 0 Å². The summed E-state index contributed by atoms with van der Waals surface area (Å²) in [6.45, 7) is 3.13. The molecule has 0 fully saturated rings. The van der Waals surface area contributed by atoms with Crippen LogP contribution in [0.2, 0.25) is 0 Å². The molecule has 1 aromatic carbocycles. The van der Waals surface area contributed by atoms with E-state index in [9.17, 15) is 0 Å². The number of fused-ring (bicyclic) bond motifs is 1. The molecule has 5 nitrogen and oxygen atoms in total. The van der Waals surface area contributed by atoms with E-state index in [1.807, 2.05) is 32.2 Å². The summed E-state index contributed by atoms with van der Waals surface area (Å²) in [5, 5.41) is 3.10. The molecule has 5 heteroatoms. The summed E-state index contributed by atoms with van der Waals surface area (Å²) in [6.07, 6.45) is 1.72. The molecule has 0 amide bonds. The SMILES string of the molecule is CNC(C)c1ncc(-c2cccc3c2OCCO3)o1. The van der Waals surface area contributed by atoms with E-state index in [1.54, 1.807) is 6.20 Å². The Morgan fingerprint density at radius 2 is 2.11 bits per heavy atom. The number of nitrogens with one attached hydrogen (secondary N) is 1. The van der Waals surface area contributed by atoms with Crippen LogP contribution in [-0.2, 0) is 0 Å². The highest BCUT2D eigenvalue weighted by atomic mass is 16.6. The van der Waals surface area contributed by atoms with Crippen molar-refractivity contribution in [1.82, 2.24) is 10.3 Å². The van der Waals surface area contributed by atoms with Crippen molar-refractivity contribution in [3.05, 3.63) is 30.3 Å². The van der Waals surface area contributed by atoms with Crippen LogP contribution in [0.1, 0.15) is 18.9 Å². The average Bonchev–Trinajstić information content (AvgIpc) is 2.95. The molecule has 19 heavy (non-hydrogen) atoms. The van der Waals surface area contributed by atoms with E-state index < -0.39 is 0 Å². The minimum Gasteiger partial charge on any atom is -0.486 e. The van der Waals surface area contributed by atoms with Gasteiger partial charge < -0.3 is 19.2 Å². The summed E-state index contributed by atoms with van der Waals surface area (Å²) in [6, 6.07) is 5.84. The number of oxazole rings is 1. The molecule has 100 valence electrons. The largest absolute Gasteiger partial charge is 0.486 e. The van der Waals surface area contributed by atoms with Gasteiger partial charge in [-0.15, -0.1) is 0 Å². The summed E-state index contributed by atoms with van der Waals surface area (Å²) >= 11 is 0. The van der Waals surface area contributed by atoms with Crippen molar-refractivity contribution in [1.29, 1.82) is 0 Å². The maximum atomic E-state index is 5.78. The van der Waals surface area contributed by atoms with Gasteiger partial charge in [-0.25, -0.2) is 4.98 Å². The second-order valence-corrected chi connectivity index (χ2v) is 4.40. The van der Waals surface area contributed by atoms with Gasteiger partial charge in [0.05, 0.1) is 17.8 Å². The lowest BCUT2D eigenvalue weighted by molar-refractivity contribution is 0.172. The lowest BCUT2D eigenvalue weighted by atomic mass is 10.1. The second-order valence-electron chi connectivity index (χ2n) is 4.40. The molecule has 0 spiro atoms. The highest BCUT2D eigenvalue weighted by molar-refractivity contribution is 5.69. The fourth-order valence-corrected chi connectivity index (χ4v) is 2.00. The van der Waals surface area contributed by atoms with Crippen molar-refractivity contribution in [3.8, 4) is 22.8 Å². The van der Waals surface area contributed by atoms with Crippen LogP contribution in [-0.4, -0.2) is 25.2 Å². The molecule has 0 bridgehead atoms. The molecule has 0 saturated carbocycles. The maximum absolute atomic E-state index is 5.78. The van der Waals surface area contributed by atoms with Gasteiger partial charge in [0.1, 0.15) is 13.2 Å². The van der Waals surface area contributed by atoms with Crippen LogP contribution in [0.3, 0.4) is 0 Å². The molecule has 3 rings (SSSR count). The van der Waals surface area contributed by atoms with Crippen LogP contribution in [0, 0.1) is 0 Å². The number of hydrogen-bond acceptors (Lipinski definition) is 5. The smallest absolute Gasteiger partial charge is 0.211 e. The van der Waals surface area contributed by atoms with Crippen molar-refractivity contribution in [2.75, 3.05) is 20.3 Å².